The highest BCUT2D eigenvalue weighted by atomic mass is 79.9. The molecule has 0 saturated carbocycles. The van der Waals surface area contributed by atoms with E-state index in [2.05, 4.69) is 26.2 Å². The van der Waals surface area contributed by atoms with E-state index >= 15 is 4.39 Å². The number of benzene rings is 1. The van der Waals surface area contributed by atoms with Crippen LogP contribution in [0.5, 0.6) is 0 Å². The van der Waals surface area contributed by atoms with E-state index in [1.165, 1.54) is 0 Å². The van der Waals surface area contributed by atoms with Gasteiger partial charge in [0, 0.05) is 54.7 Å². The van der Waals surface area contributed by atoms with Crippen molar-refractivity contribution in [1.82, 2.24) is 15.0 Å². The fourth-order valence-electron chi connectivity index (χ4n) is 5.58. The Hall–Kier alpha value is -1.84. The molecule has 1 saturated heterocycles. The Labute approximate surface area is 196 Å². The predicted octanol–water partition coefficient (Wildman–Crippen LogP) is 3.55. The van der Waals surface area contributed by atoms with E-state index in [4.69, 9.17) is 9.84 Å². The summed E-state index contributed by atoms with van der Waals surface area (Å²) in [4.78, 5) is 15.3. The highest BCUT2D eigenvalue weighted by molar-refractivity contribution is 9.10. The number of halogens is 2. The number of aliphatic hydroxyl groups is 1. The van der Waals surface area contributed by atoms with E-state index in [1.807, 2.05) is 26.0 Å². The number of amides is 1. The smallest absolute Gasteiger partial charge is 0.264 e. The lowest BCUT2D eigenvalue weighted by molar-refractivity contribution is -0.145. The maximum atomic E-state index is 15.5. The zero-order valence-electron chi connectivity index (χ0n) is 19.1. The van der Waals surface area contributed by atoms with E-state index in [-0.39, 0.29) is 18.4 Å². The number of nitrogens with zero attached hydrogens (tertiary/aromatic N) is 4. The molecule has 0 radical (unpaired) electrons. The molecule has 7 nitrogen and oxygen atoms in total. The van der Waals surface area contributed by atoms with Gasteiger partial charge in [0.15, 0.2) is 5.60 Å². The molecule has 32 heavy (non-hydrogen) atoms. The number of anilines is 1. The van der Waals surface area contributed by atoms with Crippen LogP contribution in [-0.4, -0.2) is 51.4 Å². The third-order valence-corrected chi connectivity index (χ3v) is 7.48. The van der Waals surface area contributed by atoms with Crippen LogP contribution in [-0.2, 0) is 28.1 Å². The number of hydrogen-bond acceptors (Lipinski definition) is 5. The number of ether oxygens (including phenoxy) is 1. The molecular weight excluding hydrogens is 479 g/mol. The molecule has 2 aliphatic rings. The summed E-state index contributed by atoms with van der Waals surface area (Å²) in [5, 5.41) is 17.2. The highest BCUT2D eigenvalue weighted by Crippen LogP contribution is 2.59. The van der Waals surface area contributed by atoms with E-state index in [0.717, 1.165) is 21.3 Å². The molecule has 3 heterocycles. The average Bonchev–Trinajstić information content (AvgIpc) is 3.32. The van der Waals surface area contributed by atoms with Crippen LogP contribution in [0.15, 0.2) is 22.8 Å². The molecule has 2 aliphatic heterocycles. The number of carbonyl (C=O) groups excluding carboxylic acids is 1. The minimum Gasteiger partial charge on any atom is -0.396 e. The zero-order valence-corrected chi connectivity index (χ0v) is 20.7. The van der Waals surface area contributed by atoms with Crippen molar-refractivity contribution in [1.29, 1.82) is 0 Å². The van der Waals surface area contributed by atoms with Gasteiger partial charge in [0.2, 0.25) is 0 Å². The summed E-state index contributed by atoms with van der Waals surface area (Å²) < 4.78 is 24.7. The van der Waals surface area contributed by atoms with Crippen LogP contribution in [0.3, 0.4) is 0 Å². The van der Waals surface area contributed by atoms with Crippen LogP contribution in [0.25, 0.3) is 0 Å². The van der Waals surface area contributed by atoms with Crippen LogP contribution in [0.4, 0.5) is 10.1 Å². The first-order chi connectivity index (χ1) is 15.0. The number of likely N-dealkylation sites (N-methyl/N-ethyl adjacent to an activating group) is 1. The van der Waals surface area contributed by atoms with E-state index in [1.54, 1.807) is 36.7 Å². The van der Waals surface area contributed by atoms with Crippen LogP contribution >= 0.6 is 15.9 Å². The summed E-state index contributed by atoms with van der Waals surface area (Å²) >= 11 is 3.60. The first-order valence-corrected chi connectivity index (χ1v) is 11.8. The van der Waals surface area contributed by atoms with Crippen molar-refractivity contribution in [3.05, 3.63) is 39.6 Å². The van der Waals surface area contributed by atoms with Gasteiger partial charge >= 0.3 is 0 Å². The summed E-state index contributed by atoms with van der Waals surface area (Å²) in [5.74, 6) is -1.00. The number of fused-ring (bicyclic) bond motifs is 2. The maximum Gasteiger partial charge on any atom is 0.264 e. The summed E-state index contributed by atoms with van der Waals surface area (Å²) in [6.45, 7) is 7.52. The predicted molar refractivity (Wildman–Crippen MR) is 122 cm³/mol. The number of aromatic nitrogens is 3. The van der Waals surface area contributed by atoms with Gasteiger partial charge in [0.25, 0.3) is 5.91 Å². The van der Waals surface area contributed by atoms with Gasteiger partial charge in [-0.05, 0) is 54.8 Å². The molecule has 1 aromatic carbocycles. The minimum atomic E-state index is -1.54. The van der Waals surface area contributed by atoms with Gasteiger partial charge < -0.3 is 14.7 Å². The standard InChI is InChI=1S/C23H30BrFN4O3/c1-13-10-16-20(17(24)11-13)28(5)21(31)23(16)14(2)19(22(3,4)25)18(32-23)6-8-29-12-15(7-9-30)26-27-29/h10-12,14,18-19,30H,6-9H2,1-5H3/t14-,18+,19-,23+/m1/s1. The molecule has 1 spiro atoms. The number of hydrogen-bond donors (Lipinski definition) is 1. The topological polar surface area (TPSA) is 80.5 Å². The van der Waals surface area contributed by atoms with E-state index in [0.29, 0.717) is 25.1 Å². The third-order valence-electron chi connectivity index (χ3n) is 6.87. The van der Waals surface area contributed by atoms with Crippen molar-refractivity contribution in [2.75, 3.05) is 18.6 Å². The van der Waals surface area contributed by atoms with Crippen LogP contribution in [0.1, 0.15) is 44.0 Å². The second-order valence-electron chi connectivity index (χ2n) is 9.51. The molecule has 9 heteroatoms. The lowest BCUT2D eigenvalue weighted by Crippen LogP contribution is -2.44. The van der Waals surface area contributed by atoms with Crippen LogP contribution in [0, 0.1) is 18.8 Å². The Balaban J connectivity index is 1.70. The largest absolute Gasteiger partial charge is 0.396 e. The van der Waals surface area contributed by atoms with Crippen molar-refractivity contribution in [3.8, 4) is 0 Å². The van der Waals surface area contributed by atoms with E-state index < -0.39 is 23.3 Å². The van der Waals surface area contributed by atoms with Gasteiger partial charge in [-0.3, -0.25) is 9.48 Å². The first-order valence-electron chi connectivity index (χ1n) is 11.0. The Bertz CT molecular complexity index is 1040. The zero-order chi connectivity index (χ0) is 23.4. The molecular formula is C23H30BrFN4O3. The van der Waals surface area contributed by atoms with Gasteiger partial charge in [-0.15, -0.1) is 5.10 Å². The quantitative estimate of drug-likeness (QED) is 0.645. The SMILES string of the molecule is Cc1cc(Br)c2c(c1)[C@]1(O[C@@H](CCn3cc(CCO)nn3)[C@H](C(C)(C)F)[C@H]1C)C(=O)N2C. The lowest BCUT2D eigenvalue weighted by Gasteiger charge is -2.32. The second kappa shape index (κ2) is 8.18. The first kappa shape index (κ1) is 23.3. The Morgan fingerprint density at radius 2 is 2.09 bits per heavy atom. The van der Waals surface area contributed by atoms with Gasteiger partial charge in [0.05, 0.1) is 17.5 Å². The molecule has 1 amide bonds. The van der Waals surface area contributed by atoms with Gasteiger partial charge in [-0.2, -0.15) is 0 Å². The lowest BCUT2D eigenvalue weighted by atomic mass is 9.71. The Morgan fingerprint density at radius 3 is 2.75 bits per heavy atom. The molecule has 1 aromatic heterocycles. The Kier molecular flexibility index (Phi) is 5.96. The maximum absolute atomic E-state index is 15.5. The van der Waals surface area contributed by atoms with Crippen molar-refractivity contribution in [2.24, 2.45) is 11.8 Å². The number of aryl methyl sites for hydroxylation is 2. The van der Waals surface area contributed by atoms with Crippen molar-refractivity contribution in [2.45, 2.75) is 64.5 Å². The average molecular weight is 509 g/mol. The van der Waals surface area contributed by atoms with Gasteiger partial charge in [-0.25, -0.2) is 4.39 Å². The molecule has 0 aliphatic carbocycles. The summed E-state index contributed by atoms with van der Waals surface area (Å²) in [6, 6.07) is 3.96. The molecule has 4 atom stereocenters. The Morgan fingerprint density at radius 1 is 1.38 bits per heavy atom. The molecule has 1 N–H and O–H groups in total. The van der Waals surface area contributed by atoms with E-state index in [9.17, 15) is 4.79 Å². The molecule has 4 rings (SSSR count). The van der Waals surface area contributed by atoms with Crippen LogP contribution in [0.2, 0.25) is 0 Å². The summed E-state index contributed by atoms with van der Waals surface area (Å²) in [6.07, 6.45) is 2.24. The molecule has 174 valence electrons. The number of alkyl halides is 1. The molecule has 2 aromatic rings. The fraction of sp³-hybridized carbons (Fsp3) is 0.609. The normalized spacial score (nSPS) is 27.6. The van der Waals surface area contributed by atoms with Crippen molar-refractivity contribution < 1.29 is 19.0 Å². The van der Waals surface area contributed by atoms with Gasteiger partial charge in [0.1, 0.15) is 5.67 Å². The minimum absolute atomic E-state index is 0.00654. The molecule has 1 fully saturated rings. The second-order valence-corrected chi connectivity index (χ2v) is 10.4. The number of aliphatic hydroxyl groups excluding tert-OH is 1. The van der Waals surface area contributed by atoms with Crippen LogP contribution < -0.4 is 4.90 Å². The summed E-state index contributed by atoms with van der Waals surface area (Å²) in [7, 11) is 1.74. The van der Waals surface area contributed by atoms with Gasteiger partial charge in [-0.1, -0.05) is 18.2 Å². The third kappa shape index (κ3) is 3.58. The number of rotatable bonds is 6. The highest BCUT2D eigenvalue weighted by Gasteiger charge is 2.65. The summed E-state index contributed by atoms with van der Waals surface area (Å²) in [5.41, 5.74) is 0.532. The molecule has 0 bridgehead atoms. The monoisotopic (exact) mass is 508 g/mol. The van der Waals surface area contributed by atoms with Crippen molar-refractivity contribution in [3.63, 3.8) is 0 Å². The number of carbonyl (C=O) groups is 1. The molecule has 0 unspecified atom stereocenters. The fourth-order valence-corrected chi connectivity index (χ4v) is 6.42. The van der Waals surface area contributed by atoms with Crippen molar-refractivity contribution >= 4 is 27.5 Å².